The summed E-state index contributed by atoms with van der Waals surface area (Å²) < 4.78 is 5.12. The van der Waals surface area contributed by atoms with Gasteiger partial charge in [-0.15, -0.1) is 12.4 Å². The lowest BCUT2D eigenvalue weighted by Crippen LogP contribution is -2.43. The van der Waals surface area contributed by atoms with Gasteiger partial charge in [-0.3, -0.25) is 0 Å². The van der Waals surface area contributed by atoms with Gasteiger partial charge in [0.05, 0.1) is 0 Å². The Balaban J connectivity index is 0.00000120. The molecule has 18 heavy (non-hydrogen) atoms. The zero-order valence-corrected chi connectivity index (χ0v) is 10.7. The predicted molar refractivity (Wildman–Crippen MR) is 74.8 cm³/mol. The lowest BCUT2D eigenvalue weighted by molar-refractivity contribution is 0.560. The number of piperazine rings is 1. The number of hydrogen-bond donors (Lipinski definition) is 1. The molecule has 0 saturated carbocycles. The molecule has 2 heterocycles. The van der Waals surface area contributed by atoms with Gasteiger partial charge < -0.3 is 14.6 Å². The van der Waals surface area contributed by atoms with Crippen LogP contribution in [0.2, 0.25) is 0 Å². The van der Waals surface area contributed by atoms with Crippen LogP contribution in [0.25, 0.3) is 11.0 Å². The molecule has 1 aliphatic heterocycles. The summed E-state index contributed by atoms with van der Waals surface area (Å²) in [5.74, 6) is 0. The van der Waals surface area contributed by atoms with Gasteiger partial charge in [0.2, 0.25) is 0 Å². The standard InChI is InChI=1S/C13H14N2O2.ClH/c16-13-4-1-10-9-11(2-3-12(10)17-13)15-7-5-14-6-8-15;/h1-4,9,14H,5-8H2;1H. The van der Waals surface area contributed by atoms with Crippen LogP contribution in [0.15, 0.2) is 39.5 Å². The molecule has 1 saturated heterocycles. The summed E-state index contributed by atoms with van der Waals surface area (Å²) in [7, 11) is 0. The minimum absolute atomic E-state index is 0. The highest BCUT2D eigenvalue weighted by molar-refractivity contribution is 5.85. The molecule has 1 N–H and O–H groups in total. The molecule has 96 valence electrons. The lowest BCUT2D eigenvalue weighted by Gasteiger charge is -2.29. The van der Waals surface area contributed by atoms with E-state index in [0.29, 0.717) is 5.58 Å². The second kappa shape index (κ2) is 5.42. The van der Waals surface area contributed by atoms with Crippen LogP contribution < -0.4 is 15.8 Å². The van der Waals surface area contributed by atoms with E-state index in [1.54, 1.807) is 0 Å². The summed E-state index contributed by atoms with van der Waals surface area (Å²) in [4.78, 5) is 13.4. The maximum Gasteiger partial charge on any atom is 0.336 e. The lowest BCUT2D eigenvalue weighted by atomic mass is 10.2. The van der Waals surface area contributed by atoms with Crippen LogP contribution in [0.3, 0.4) is 0 Å². The number of rotatable bonds is 1. The van der Waals surface area contributed by atoms with Crippen molar-refractivity contribution in [1.29, 1.82) is 0 Å². The summed E-state index contributed by atoms with van der Waals surface area (Å²) in [5.41, 5.74) is 1.54. The predicted octanol–water partition coefficient (Wildman–Crippen LogP) is 1.62. The van der Waals surface area contributed by atoms with E-state index in [0.717, 1.165) is 31.6 Å². The molecular weight excluding hydrogens is 252 g/mol. The second-order valence-electron chi connectivity index (χ2n) is 4.21. The van der Waals surface area contributed by atoms with E-state index in [4.69, 9.17) is 4.42 Å². The van der Waals surface area contributed by atoms with Gasteiger partial charge in [-0.25, -0.2) is 4.79 Å². The average Bonchev–Trinajstić information content (AvgIpc) is 2.39. The van der Waals surface area contributed by atoms with Crippen LogP contribution in [0, 0.1) is 0 Å². The summed E-state index contributed by atoms with van der Waals surface area (Å²) in [6.07, 6.45) is 0. The third-order valence-electron chi connectivity index (χ3n) is 3.09. The fourth-order valence-electron chi connectivity index (χ4n) is 2.18. The molecule has 0 unspecified atom stereocenters. The zero-order valence-electron chi connectivity index (χ0n) is 9.89. The van der Waals surface area contributed by atoms with Crippen LogP contribution in [0.4, 0.5) is 5.69 Å². The molecule has 1 fully saturated rings. The SMILES string of the molecule is Cl.O=c1ccc2cc(N3CCNCC3)ccc2o1. The van der Waals surface area contributed by atoms with Crippen LogP contribution in [0.1, 0.15) is 0 Å². The largest absolute Gasteiger partial charge is 0.423 e. The van der Waals surface area contributed by atoms with Crippen molar-refractivity contribution in [1.82, 2.24) is 5.32 Å². The molecule has 4 nitrogen and oxygen atoms in total. The van der Waals surface area contributed by atoms with Crippen molar-refractivity contribution in [3.8, 4) is 0 Å². The summed E-state index contributed by atoms with van der Waals surface area (Å²) in [5, 5.41) is 4.30. The Kier molecular flexibility index (Phi) is 3.89. The molecule has 0 bridgehead atoms. The molecule has 0 radical (unpaired) electrons. The molecule has 0 atom stereocenters. The number of fused-ring (bicyclic) bond motifs is 1. The van der Waals surface area contributed by atoms with Crippen molar-refractivity contribution >= 4 is 29.1 Å². The Morgan fingerprint density at radius 2 is 1.89 bits per heavy atom. The van der Waals surface area contributed by atoms with Gasteiger partial charge in [-0.1, -0.05) is 0 Å². The number of nitrogens with one attached hydrogen (secondary N) is 1. The monoisotopic (exact) mass is 266 g/mol. The Morgan fingerprint density at radius 3 is 2.67 bits per heavy atom. The van der Waals surface area contributed by atoms with Crippen molar-refractivity contribution in [3.05, 3.63) is 40.8 Å². The Labute approximate surface area is 111 Å². The fourth-order valence-corrected chi connectivity index (χ4v) is 2.18. The minimum atomic E-state index is -0.299. The third kappa shape index (κ3) is 2.49. The van der Waals surface area contributed by atoms with Crippen LogP contribution >= 0.6 is 12.4 Å². The Bertz CT molecular complexity index is 591. The second-order valence-corrected chi connectivity index (χ2v) is 4.21. The zero-order chi connectivity index (χ0) is 11.7. The van der Waals surface area contributed by atoms with E-state index in [9.17, 15) is 4.79 Å². The van der Waals surface area contributed by atoms with Crippen molar-refractivity contribution in [3.63, 3.8) is 0 Å². The summed E-state index contributed by atoms with van der Waals surface area (Å²) in [6, 6.07) is 9.23. The van der Waals surface area contributed by atoms with E-state index in [1.165, 1.54) is 11.8 Å². The van der Waals surface area contributed by atoms with Gasteiger partial charge in [0.25, 0.3) is 0 Å². The number of nitrogens with zero attached hydrogens (tertiary/aromatic N) is 1. The number of hydrogen-bond acceptors (Lipinski definition) is 4. The first-order chi connectivity index (χ1) is 8.33. The molecule has 1 aliphatic rings. The average molecular weight is 267 g/mol. The highest BCUT2D eigenvalue weighted by Gasteiger charge is 2.10. The minimum Gasteiger partial charge on any atom is -0.423 e. The Morgan fingerprint density at radius 1 is 1.11 bits per heavy atom. The van der Waals surface area contributed by atoms with Gasteiger partial charge in [-0.05, 0) is 24.3 Å². The third-order valence-corrected chi connectivity index (χ3v) is 3.09. The number of anilines is 1. The van der Waals surface area contributed by atoms with E-state index in [1.807, 2.05) is 18.2 Å². The van der Waals surface area contributed by atoms with Gasteiger partial charge >= 0.3 is 5.63 Å². The molecule has 0 spiro atoms. The summed E-state index contributed by atoms with van der Waals surface area (Å²) >= 11 is 0. The smallest absolute Gasteiger partial charge is 0.336 e. The van der Waals surface area contributed by atoms with Crippen molar-refractivity contribution in [2.75, 3.05) is 31.1 Å². The molecular formula is C13H15ClN2O2. The molecule has 3 rings (SSSR count). The first kappa shape index (κ1) is 12.9. The van der Waals surface area contributed by atoms with Crippen LogP contribution in [0.5, 0.6) is 0 Å². The normalized spacial score (nSPS) is 15.4. The quantitative estimate of drug-likeness (QED) is 0.797. The van der Waals surface area contributed by atoms with E-state index in [2.05, 4.69) is 16.3 Å². The number of benzene rings is 1. The molecule has 0 aliphatic carbocycles. The molecule has 0 amide bonds. The summed E-state index contributed by atoms with van der Waals surface area (Å²) in [6.45, 7) is 4.06. The first-order valence-electron chi connectivity index (χ1n) is 5.82. The maximum absolute atomic E-state index is 11.1. The van der Waals surface area contributed by atoms with Gasteiger partial charge in [-0.2, -0.15) is 0 Å². The topological polar surface area (TPSA) is 45.5 Å². The fraction of sp³-hybridized carbons (Fsp3) is 0.308. The molecule has 1 aromatic heterocycles. The highest BCUT2D eigenvalue weighted by atomic mass is 35.5. The van der Waals surface area contributed by atoms with E-state index in [-0.39, 0.29) is 18.0 Å². The first-order valence-corrected chi connectivity index (χ1v) is 5.82. The van der Waals surface area contributed by atoms with Gasteiger partial charge in [0.1, 0.15) is 5.58 Å². The maximum atomic E-state index is 11.1. The van der Waals surface area contributed by atoms with Crippen molar-refractivity contribution in [2.24, 2.45) is 0 Å². The Hall–Kier alpha value is -1.52. The van der Waals surface area contributed by atoms with E-state index < -0.39 is 0 Å². The van der Waals surface area contributed by atoms with E-state index >= 15 is 0 Å². The van der Waals surface area contributed by atoms with Crippen molar-refractivity contribution < 1.29 is 4.42 Å². The van der Waals surface area contributed by atoms with Crippen molar-refractivity contribution in [2.45, 2.75) is 0 Å². The molecule has 1 aromatic carbocycles. The molecule has 5 heteroatoms. The van der Waals surface area contributed by atoms with Crippen LogP contribution in [-0.4, -0.2) is 26.2 Å². The molecule has 2 aromatic rings. The van der Waals surface area contributed by atoms with Gasteiger partial charge in [0, 0.05) is 43.3 Å². The number of halogens is 1. The highest BCUT2D eigenvalue weighted by Crippen LogP contribution is 2.21. The van der Waals surface area contributed by atoms with Crippen LogP contribution in [-0.2, 0) is 0 Å². The van der Waals surface area contributed by atoms with Gasteiger partial charge in [0.15, 0.2) is 0 Å².